The van der Waals surface area contributed by atoms with Gasteiger partial charge in [-0.3, -0.25) is 0 Å². The third-order valence-corrected chi connectivity index (χ3v) is 9.72. The van der Waals surface area contributed by atoms with Crippen molar-refractivity contribution in [3.05, 3.63) is 10.7 Å². The molecule has 0 saturated carbocycles. The molecule has 0 radical (unpaired) electrons. The van der Waals surface area contributed by atoms with Gasteiger partial charge in [-0.15, -0.1) is 0 Å². The Balaban J connectivity index is 3.44. The molecular formula is C9H17OZn. The fourth-order valence-corrected chi connectivity index (χ4v) is 5.57. The third-order valence-electron chi connectivity index (χ3n) is 2.24. The van der Waals surface area contributed by atoms with Crippen LogP contribution in [0, 0.1) is 0 Å². The van der Waals surface area contributed by atoms with Crippen LogP contribution in [0.2, 0.25) is 10.0 Å². The Bertz CT molecular complexity index is 117. The summed E-state index contributed by atoms with van der Waals surface area (Å²) in [4.78, 5) is 9.97. The van der Waals surface area contributed by atoms with Crippen LogP contribution in [0.25, 0.3) is 0 Å². The molecule has 0 unspecified atom stereocenters. The Morgan fingerprint density at radius 1 is 1.18 bits per heavy atom. The third kappa shape index (κ3) is 6.43. The van der Waals surface area contributed by atoms with Crippen molar-refractivity contribution in [3.8, 4) is 0 Å². The van der Waals surface area contributed by atoms with Crippen molar-refractivity contribution in [2.24, 2.45) is 0 Å². The average Bonchev–Trinajstić information content (AvgIpc) is 2.05. The molecule has 0 aromatic carbocycles. The topological polar surface area (TPSA) is 17.1 Å². The van der Waals surface area contributed by atoms with Crippen LogP contribution in [0.5, 0.6) is 0 Å². The molecule has 0 amide bonds. The van der Waals surface area contributed by atoms with Gasteiger partial charge in [-0.25, -0.2) is 0 Å². The van der Waals surface area contributed by atoms with Gasteiger partial charge in [0, 0.05) is 0 Å². The molecule has 0 heterocycles. The minimum absolute atomic E-state index is 0.697. The van der Waals surface area contributed by atoms with Crippen LogP contribution >= 0.6 is 0 Å². The second-order valence-corrected chi connectivity index (χ2v) is 12.2. The summed E-state index contributed by atoms with van der Waals surface area (Å²) >= 11 is -1.15. The van der Waals surface area contributed by atoms with Gasteiger partial charge < -0.3 is 0 Å². The van der Waals surface area contributed by atoms with Crippen LogP contribution in [0.15, 0.2) is 10.7 Å². The first-order valence-electron chi connectivity index (χ1n) is 4.71. The van der Waals surface area contributed by atoms with Gasteiger partial charge in [0.15, 0.2) is 0 Å². The SMILES string of the molecule is C[CH2][Zn]([CH]=CCCC=O)[CH2]C. The Morgan fingerprint density at radius 3 is 2.27 bits per heavy atom. The standard InChI is InChI=1S/C5H7O.2C2H5.Zn/c1-2-3-4-5-6;2*1-2;/h1-2,5H,3-4H2;2*1H2,2H3;. The van der Waals surface area contributed by atoms with Gasteiger partial charge in [0.1, 0.15) is 0 Å². The number of hydrogen-bond donors (Lipinski definition) is 0. The summed E-state index contributed by atoms with van der Waals surface area (Å²) in [5.74, 6) is 0. The van der Waals surface area contributed by atoms with E-state index in [1.54, 1.807) is 0 Å². The van der Waals surface area contributed by atoms with Gasteiger partial charge in [-0.2, -0.15) is 0 Å². The van der Waals surface area contributed by atoms with E-state index in [9.17, 15) is 4.79 Å². The predicted molar refractivity (Wildman–Crippen MR) is 45.4 cm³/mol. The Morgan fingerprint density at radius 2 is 1.82 bits per heavy atom. The number of unbranched alkanes of at least 4 members (excludes halogenated alkanes) is 1. The zero-order chi connectivity index (χ0) is 8.53. The van der Waals surface area contributed by atoms with Crippen molar-refractivity contribution in [1.29, 1.82) is 0 Å². The minimum atomic E-state index is -1.15. The fraction of sp³-hybridized carbons (Fsp3) is 0.667. The molecular weight excluding hydrogens is 189 g/mol. The summed E-state index contributed by atoms with van der Waals surface area (Å²) in [5.41, 5.74) is 0. The van der Waals surface area contributed by atoms with Gasteiger partial charge in [0.25, 0.3) is 0 Å². The molecule has 0 spiro atoms. The van der Waals surface area contributed by atoms with Crippen LogP contribution in [-0.2, 0) is 20.7 Å². The number of carbonyl (C=O) groups is 1. The summed E-state index contributed by atoms with van der Waals surface area (Å²) < 4.78 is 2.43. The number of carbonyl (C=O) groups excluding carboxylic acids is 1. The molecule has 0 atom stereocenters. The van der Waals surface area contributed by atoms with Crippen LogP contribution in [0.4, 0.5) is 0 Å². The number of hydrogen-bond acceptors (Lipinski definition) is 1. The van der Waals surface area contributed by atoms with Crippen LogP contribution < -0.4 is 0 Å². The zero-order valence-electron chi connectivity index (χ0n) is 7.68. The zero-order valence-corrected chi connectivity index (χ0v) is 10.6. The molecule has 0 aliphatic carbocycles. The van der Waals surface area contributed by atoms with E-state index >= 15 is 0 Å². The van der Waals surface area contributed by atoms with Crippen molar-refractivity contribution in [2.45, 2.75) is 36.7 Å². The first-order valence-corrected chi connectivity index (χ1v) is 10.6. The fourth-order valence-electron chi connectivity index (χ4n) is 1.20. The van der Waals surface area contributed by atoms with E-state index in [0.717, 1.165) is 12.7 Å². The predicted octanol–water partition coefficient (Wildman–Crippen LogP) is 2.97. The quantitative estimate of drug-likeness (QED) is 0.371. The van der Waals surface area contributed by atoms with Crippen molar-refractivity contribution >= 4 is 6.29 Å². The molecule has 0 N–H and O–H groups in total. The van der Waals surface area contributed by atoms with Gasteiger partial charge in [-0.1, -0.05) is 0 Å². The van der Waals surface area contributed by atoms with Crippen LogP contribution in [0.3, 0.4) is 0 Å². The van der Waals surface area contributed by atoms with Crippen LogP contribution in [0.1, 0.15) is 26.7 Å². The van der Waals surface area contributed by atoms with Gasteiger partial charge in [0.2, 0.25) is 0 Å². The summed E-state index contributed by atoms with van der Waals surface area (Å²) in [6.07, 6.45) is 4.85. The normalized spacial score (nSPS) is 10.4. The van der Waals surface area contributed by atoms with Crippen molar-refractivity contribution in [3.63, 3.8) is 0 Å². The molecule has 11 heavy (non-hydrogen) atoms. The monoisotopic (exact) mass is 205 g/mol. The summed E-state index contributed by atoms with van der Waals surface area (Å²) in [6.45, 7) is 4.57. The van der Waals surface area contributed by atoms with E-state index in [1.807, 2.05) is 0 Å². The molecule has 0 aliphatic rings. The number of aldehydes is 1. The maximum absolute atomic E-state index is 9.97. The van der Waals surface area contributed by atoms with Crippen LogP contribution in [-0.4, -0.2) is 6.29 Å². The van der Waals surface area contributed by atoms with E-state index in [2.05, 4.69) is 24.6 Å². The van der Waals surface area contributed by atoms with E-state index in [-0.39, 0.29) is 0 Å². The molecule has 0 aromatic heterocycles. The Hall–Kier alpha value is 0.0334. The molecule has 0 rings (SSSR count). The molecule has 0 aromatic rings. The Kier molecular flexibility index (Phi) is 8.16. The maximum atomic E-state index is 9.97. The summed E-state index contributed by atoms with van der Waals surface area (Å²) in [6, 6.07) is 0. The van der Waals surface area contributed by atoms with E-state index < -0.39 is 16.0 Å². The first kappa shape index (κ1) is 11.0. The van der Waals surface area contributed by atoms with E-state index in [1.165, 1.54) is 10.0 Å². The molecule has 0 bridgehead atoms. The molecule has 0 saturated heterocycles. The Labute approximate surface area is 74.8 Å². The van der Waals surface area contributed by atoms with Crippen molar-refractivity contribution in [2.75, 3.05) is 0 Å². The molecule has 2 heteroatoms. The summed E-state index contributed by atoms with van der Waals surface area (Å²) in [5, 5.41) is 2.82. The van der Waals surface area contributed by atoms with Gasteiger partial charge in [0.05, 0.1) is 0 Å². The summed E-state index contributed by atoms with van der Waals surface area (Å²) in [7, 11) is 0. The molecule has 0 fully saturated rings. The number of rotatable bonds is 6. The average molecular weight is 207 g/mol. The van der Waals surface area contributed by atoms with Crippen molar-refractivity contribution < 1.29 is 20.7 Å². The first-order chi connectivity index (χ1) is 5.35. The van der Waals surface area contributed by atoms with E-state index in [0.29, 0.717) is 6.42 Å². The number of allylic oxidation sites excluding steroid dienone is 1. The second-order valence-electron chi connectivity index (χ2n) is 3.15. The van der Waals surface area contributed by atoms with E-state index in [4.69, 9.17) is 0 Å². The van der Waals surface area contributed by atoms with Crippen molar-refractivity contribution in [1.82, 2.24) is 0 Å². The molecule has 0 aliphatic heterocycles. The second kappa shape index (κ2) is 8.13. The molecule has 61 valence electrons. The molecule has 1 nitrogen and oxygen atoms in total. The van der Waals surface area contributed by atoms with Gasteiger partial charge in [-0.05, 0) is 0 Å². The van der Waals surface area contributed by atoms with Gasteiger partial charge >= 0.3 is 74.5 Å².